The number of halogens is 3. The van der Waals surface area contributed by atoms with Crippen molar-refractivity contribution in [3.63, 3.8) is 0 Å². The van der Waals surface area contributed by atoms with Crippen molar-refractivity contribution in [3.05, 3.63) is 0 Å². The van der Waals surface area contributed by atoms with Crippen LogP contribution in [-0.4, -0.2) is 35.1 Å². The highest BCUT2D eigenvalue weighted by Crippen LogP contribution is 2.42. The Hall–Kier alpha value is -0.850. The van der Waals surface area contributed by atoms with Crippen molar-refractivity contribution in [2.24, 2.45) is 23.5 Å². The van der Waals surface area contributed by atoms with Crippen LogP contribution in [0.2, 0.25) is 0 Å². The van der Waals surface area contributed by atoms with Gasteiger partial charge in [-0.1, -0.05) is 32.0 Å². The number of alkyl halides is 3. The molecule has 122 valence electrons. The fraction of sp³-hybridized carbons (Fsp3) is 0.857. The first-order valence-electron chi connectivity index (χ1n) is 7.33. The Morgan fingerprint density at radius 1 is 1.38 bits per heavy atom. The van der Waals surface area contributed by atoms with E-state index < -0.39 is 23.9 Å². The molecule has 1 aliphatic rings. The predicted octanol–water partition coefficient (Wildman–Crippen LogP) is 3.13. The van der Waals surface area contributed by atoms with Crippen LogP contribution >= 0.6 is 12.2 Å². The molecule has 0 heterocycles. The van der Waals surface area contributed by atoms with E-state index in [1.165, 1.54) is 4.90 Å². The van der Waals surface area contributed by atoms with Gasteiger partial charge < -0.3 is 10.6 Å². The number of thiocarbonyl (C=S) groups is 1. The third-order valence-electron chi connectivity index (χ3n) is 4.18. The molecule has 7 heteroatoms. The van der Waals surface area contributed by atoms with E-state index in [9.17, 15) is 18.0 Å². The molecule has 0 spiro atoms. The van der Waals surface area contributed by atoms with Gasteiger partial charge in [-0.2, -0.15) is 13.2 Å². The largest absolute Gasteiger partial charge is 0.393 e. The molecule has 0 radical (unpaired) electrons. The minimum atomic E-state index is -4.31. The average Bonchev–Trinajstić information content (AvgIpc) is 2.42. The maximum Gasteiger partial charge on any atom is 0.392 e. The molecule has 1 saturated carbocycles. The summed E-state index contributed by atoms with van der Waals surface area (Å²) < 4.78 is 39.3. The molecule has 0 bridgehead atoms. The quantitative estimate of drug-likeness (QED) is 0.790. The molecule has 3 unspecified atom stereocenters. The van der Waals surface area contributed by atoms with Gasteiger partial charge in [0.2, 0.25) is 5.91 Å². The van der Waals surface area contributed by atoms with E-state index in [4.69, 9.17) is 18.0 Å². The first kappa shape index (κ1) is 18.2. The zero-order valence-corrected chi connectivity index (χ0v) is 13.3. The van der Waals surface area contributed by atoms with Crippen molar-refractivity contribution in [2.75, 3.05) is 13.1 Å². The third kappa shape index (κ3) is 4.83. The Kier molecular flexibility index (Phi) is 6.43. The molecule has 21 heavy (non-hydrogen) atoms. The summed E-state index contributed by atoms with van der Waals surface area (Å²) in [5.74, 6) is -3.09. The molecule has 0 aromatic rings. The minimum Gasteiger partial charge on any atom is -0.393 e. The van der Waals surface area contributed by atoms with Crippen molar-refractivity contribution in [1.29, 1.82) is 0 Å². The Bertz CT molecular complexity index is 387. The van der Waals surface area contributed by atoms with Crippen molar-refractivity contribution >= 4 is 23.1 Å². The summed E-state index contributed by atoms with van der Waals surface area (Å²) in [6.45, 7) is 4.19. The molecule has 1 rings (SSSR count). The van der Waals surface area contributed by atoms with Crippen LogP contribution in [0.5, 0.6) is 0 Å². The standard InChI is InChI=1S/C14H23F3N2OS/c1-3-19(8-9(2)12(18)21)13(20)10-6-4-5-7-11(10)14(15,16)17/h9-11H,3-8H2,1-2H3,(H2,18,21). The second-order valence-corrected chi connectivity index (χ2v) is 6.19. The fourth-order valence-corrected chi connectivity index (χ4v) is 2.92. The number of hydrogen-bond acceptors (Lipinski definition) is 2. The number of nitrogens with zero attached hydrogens (tertiary/aromatic N) is 1. The molecule has 1 aliphatic carbocycles. The maximum atomic E-state index is 13.1. The lowest BCUT2D eigenvalue weighted by Crippen LogP contribution is -2.46. The molecule has 3 nitrogen and oxygen atoms in total. The van der Waals surface area contributed by atoms with Gasteiger partial charge in [-0.15, -0.1) is 0 Å². The number of carbonyl (C=O) groups excluding carboxylic acids is 1. The van der Waals surface area contributed by atoms with Crippen molar-refractivity contribution in [1.82, 2.24) is 4.90 Å². The zero-order valence-electron chi connectivity index (χ0n) is 12.4. The number of hydrogen-bond donors (Lipinski definition) is 1. The summed E-state index contributed by atoms with van der Waals surface area (Å²) in [5.41, 5.74) is 5.53. The van der Waals surface area contributed by atoms with E-state index in [1.54, 1.807) is 13.8 Å². The fourth-order valence-electron chi connectivity index (χ4n) is 2.85. The van der Waals surface area contributed by atoms with E-state index in [0.29, 0.717) is 25.8 Å². The highest BCUT2D eigenvalue weighted by Gasteiger charge is 2.48. The highest BCUT2D eigenvalue weighted by molar-refractivity contribution is 7.80. The molecule has 0 aliphatic heterocycles. The van der Waals surface area contributed by atoms with Gasteiger partial charge in [0.05, 0.1) is 10.9 Å². The van der Waals surface area contributed by atoms with Gasteiger partial charge in [0.15, 0.2) is 0 Å². The molecular weight excluding hydrogens is 301 g/mol. The average molecular weight is 324 g/mol. The van der Waals surface area contributed by atoms with Crippen LogP contribution in [0.1, 0.15) is 39.5 Å². The first-order valence-corrected chi connectivity index (χ1v) is 7.74. The monoisotopic (exact) mass is 324 g/mol. The summed E-state index contributed by atoms with van der Waals surface area (Å²) in [6.07, 6.45) is -2.76. The van der Waals surface area contributed by atoms with Gasteiger partial charge in [-0.05, 0) is 19.8 Å². The van der Waals surface area contributed by atoms with Gasteiger partial charge in [-0.3, -0.25) is 4.79 Å². The zero-order chi connectivity index (χ0) is 16.2. The predicted molar refractivity (Wildman–Crippen MR) is 79.7 cm³/mol. The number of carbonyl (C=O) groups is 1. The Balaban J connectivity index is 2.83. The van der Waals surface area contributed by atoms with Gasteiger partial charge in [-0.25, -0.2) is 0 Å². The van der Waals surface area contributed by atoms with Crippen molar-refractivity contribution < 1.29 is 18.0 Å². The van der Waals surface area contributed by atoms with Crippen LogP contribution in [0, 0.1) is 17.8 Å². The van der Waals surface area contributed by atoms with E-state index in [1.807, 2.05) is 0 Å². The summed E-state index contributed by atoms with van der Waals surface area (Å²) in [7, 11) is 0. The van der Waals surface area contributed by atoms with Crippen LogP contribution in [-0.2, 0) is 4.79 Å². The molecule has 3 atom stereocenters. The maximum absolute atomic E-state index is 13.1. The number of amides is 1. The Morgan fingerprint density at radius 2 is 1.95 bits per heavy atom. The minimum absolute atomic E-state index is 0.0440. The molecule has 0 aromatic heterocycles. The van der Waals surface area contributed by atoms with E-state index >= 15 is 0 Å². The molecule has 0 saturated heterocycles. The van der Waals surface area contributed by atoms with Crippen LogP contribution in [0.15, 0.2) is 0 Å². The molecule has 1 fully saturated rings. The highest BCUT2D eigenvalue weighted by atomic mass is 32.1. The summed E-state index contributed by atoms with van der Waals surface area (Å²) >= 11 is 4.87. The second kappa shape index (κ2) is 7.42. The Labute approximate surface area is 129 Å². The van der Waals surface area contributed by atoms with E-state index in [2.05, 4.69) is 0 Å². The second-order valence-electron chi connectivity index (χ2n) is 5.72. The normalized spacial score (nSPS) is 24.4. The van der Waals surface area contributed by atoms with Gasteiger partial charge in [0.25, 0.3) is 0 Å². The van der Waals surface area contributed by atoms with Crippen molar-refractivity contribution in [2.45, 2.75) is 45.7 Å². The van der Waals surface area contributed by atoms with Crippen molar-refractivity contribution in [3.8, 4) is 0 Å². The van der Waals surface area contributed by atoms with Gasteiger partial charge in [0, 0.05) is 24.9 Å². The van der Waals surface area contributed by atoms with Gasteiger partial charge in [0.1, 0.15) is 0 Å². The number of rotatable bonds is 5. The SMILES string of the molecule is CCN(CC(C)C(N)=S)C(=O)C1CCCCC1C(F)(F)F. The Morgan fingerprint density at radius 3 is 2.43 bits per heavy atom. The first-order chi connectivity index (χ1) is 9.68. The van der Waals surface area contributed by atoms with Crippen LogP contribution in [0.25, 0.3) is 0 Å². The van der Waals surface area contributed by atoms with E-state index in [-0.39, 0.29) is 23.9 Å². The van der Waals surface area contributed by atoms with Gasteiger partial charge >= 0.3 is 6.18 Å². The van der Waals surface area contributed by atoms with Crippen LogP contribution < -0.4 is 5.73 Å². The molecule has 0 aromatic carbocycles. The molecule has 2 N–H and O–H groups in total. The van der Waals surface area contributed by atoms with Crippen LogP contribution in [0.3, 0.4) is 0 Å². The topological polar surface area (TPSA) is 46.3 Å². The van der Waals surface area contributed by atoms with E-state index in [0.717, 1.165) is 0 Å². The summed E-state index contributed by atoms with van der Waals surface area (Å²) in [5, 5.41) is 0. The smallest absolute Gasteiger partial charge is 0.392 e. The third-order valence-corrected chi connectivity index (χ3v) is 4.58. The lowest BCUT2D eigenvalue weighted by molar-refractivity contribution is -0.200. The van der Waals surface area contributed by atoms with Crippen LogP contribution in [0.4, 0.5) is 13.2 Å². The summed E-state index contributed by atoms with van der Waals surface area (Å²) in [4.78, 5) is 14.2. The summed E-state index contributed by atoms with van der Waals surface area (Å²) in [6, 6.07) is 0. The number of nitrogens with two attached hydrogens (primary N) is 1. The molecule has 1 amide bonds. The molecular formula is C14H23F3N2OS. The lowest BCUT2D eigenvalue weighted by Gasteiger charge is -2.36. The lowest BCUT2D eigenvalue weighted by atomic mass is 9.78.